The van der Waals surface area contributed by atoms with Gasteiger partial charge in [0.15, 0.2) is 5.78 Å². The zero-order valence-corrected chi connectivity index (χ0v) is 11.6. The second-order valence-electron chi connectivity index (χ2n) is 3.76. The van der Waals surface area contributed by atoms with Crippen molar-refractivity contribution in [2.75, 3.05) is 5.75 Å². The van der Waals surface area contributed by atoms with Crippen LogP contribution in [0.1, 0.15) is 21.5 Å². The molecule has 0 saturated heterocycles. The van der Waals surface area contributed by atoms with Gasteiger partial charge in [-0.05, 0) is 30.7 Å². The van der Waals surface area contributed by atoms with E-state index in [2.05, 4.69) is 6.92 Å². The van der Waals surface area contributed by atoms with Gasteiger partial charge in [-0.1, -0.05) is 19.1 Å². The number of hydrogen-bond acceptors (Lipinski definition) is 3. The third kappa shape index (κ3) is 3.21. The van der Waals surface area contributed by atoms with Gasteiger partial charge in [0.05, 0.1) is 10.6 Å². The number of benzene rings is 1. The summed E-state index contributed by atoms with van der Waals surface area (Å²) < 4.78 is 13.4. The summed E-state index contributed by atoms with van der Waals surface area (Å²) in [5.74, 6) is 0.0774. The molecule has 0 bridgehead atoms. The highest BCUT2D eigenvalue weighted by molar-refractivity contribution is 8.00. The number of aryl methyl sites for hydroxylation is 1. The minimum atomic E-state index is -0.268. The van der Waals surface area contributed by atoms with E-state index < -0.39 is 0 Å². The molecule has 0 radical (unpaired) electrons. The molecule has 2 aromatic rings. The van der Waals surface area contributed by atoms with Crippen molar-refractivity contribution in [3.63, 3.8) is 0 Å². The van der Waals surface area contributed by atoms with Crippen LogP contribution < -0.4 is 0 Å². The first-order chi connectivity index (χ1) is 8.70. The van der Waals surface area contributed by atoms with Crippen molar-refractivity contribution in [1.82, 2.24) is 0 Å². The van der Waals surface area contributed by atoms with Gasteiger partial charge in [-0.2, -0.15) is 0 Å². The van der Waals surface area contributed by atoms with Gasteiger partial charge in [0.1, 0.15) is 5.82 Å². The molecule has 1 aromatic carbocycles. The fourth-order valence-electron chi connectivity index (χ4n) is 1.49. The lowest BCUT2D eigenvalue weighted by Gasteiger charge is -2.01. The van der Waals surface area contributed by atoms with Crippen LogP contribution in [0.3, 0.4) is 0 Å². The van der Waals surface area contributed by atoms with E-state index in [9.17, 15) is 9.18 Å². The first-order valence-electron chi connectivity index (χ1n) is 5.70. The molecule has 94 valence electrons. The third-order valence-electron chi connectivity index (χ3n) is 2.48. The van der Waals surface area contributed by atoms with Gasteiger partial charge in [-0.25, -0.2) is 4.39 Å². The zero-order valence-electron chi connectivity index (χ0n) is 9.98. The molecule has 0 atom stereocenters. The van der Waals surface area contributed by atoms with E-state index >= 15 is 0 Å². The second kappa shape index (κ2) is 6.16. The molecule has 0 spiro atoms. The number of carbonyl (C=O) groups is 1. The topological polar surface area (TPSA) is 17.1 Å². The quantitative estimate of drug-likeness (QED) is 0.595. The lowest BCUT2D eigenvalue weighted by atomic mass is 10.3. The van der Waals surface area contributed by atoms with E-state index in [1.165, 1.54) is 34.0 Å². The maximum atomic E-state index is 13.4. The number of thiophene rings is 1. The highest BCUT2D eigenvalue weighted by Gasteiger charge is 2.10. The Hall–Kier alpha value is -1.13. The van der Waals surface area contributed by atoms with Crippen LogP contribution in [0.25, 0.3) is 0 Å². The molecule has 1 aromatic heterocycles. The van der Waals surface area contributed by atoms with Crippen LogP contribution in [0.5, 0.6) is 0 Å². The van der Waals surface area contributed by atoms with Gasteiger partial charge in [0, 0.05) is 9.77 Å². The molecule has 2 rings (SSSR count). The SMILES string of the molecule is CCc1ccc(C(=O)CSc2ccccc2F)s1. The van der Waals surface area contributed by atoms with Gasteiger partial charge < -0.3 is 0 Å². The Balaban J connectivity index is 1.98. The Morgan fingerprint density at radius 2 is 2.06 bits per heavy atom. The van der Waals surface area contributed by atoms with Gasteiger partial charge in [-0.15, -0.1) is 23.1 Å². The van der Waals surface area contributed by atoms with Crippen molar-refractivity contribution >= 4 is 28.9 Å². The molecule has 0 N–H and O–H groups in total. The molecule has 1 nitrogen and oxygen atoms in total. The summed E-state index contributed by atoms with van der Waals surface area (Å²) in [6.07, 6.45) is 0.943. The molecule has 0 unspecified atom stereocenters. The third-order valence-corrected chi connectivity index (χ3v) is 4.80. The maximum absolute atomic E-state index is 13.4. The molecule has 0 amide bonds. The van der Waals surface area contributed by atoms with Crippen molar-refractivity contribution in [2.45, 2.75) is 18.2 Å². The van der Waals surface area contributed by atoms with E-state index in [-0.39, 0.29) is 17.4 Å². The van der Waals surface area contributed by atoms with Gasteiger partial charge in [0.25, 0.3) is 0 Å². The zero-order chi connectivity index (χ0) is 13.0. The number of halogens is 1. The minimum Gasteiger partial charge on any atom is -0.292 e. The monoisotopic (exact) mass is 280 g/mol. The Kier molecular flexibility index (Phi) is 4.55. The smallest absolute Gasteiger partial charge is 0.182 e. The predicted octanol–water partition coefficient (Wildman–Crippen LogP) is 4.42. The Morgan fingerprint density at radius 3 is 2.72 bits per heavy atom. The molecule has 0 aliphatic carbocycles. The number of ketones is 1. The predicted molar refractivity (Wildman–Crippen MR) is 75.2 cm³/mol. The Labute approximate surface area is 114 Å². The average molecular weight is 280 g/mol. The number of carbonyl (C=O) groups excluding carboxylic acids is 1. The van der Waals surface area contributed by atoms with Gasteiger partial charge in [-0.3, -0.25) is 4.79 Å². The van der Waals surface area contributed by atoms with Crippen molar-refractivity contribution in [3.8, 4) is 0 Å². The van der Waals surface area contributed by atoms with Crippen LogP contribution in [0.15, 0.2) is 41.3 Å². The lowest BCUT2D eigenvalue weighted by molar-refractivity contribution is 0.102. The molecular formula is C14H13FOS2. The van der Waals surface area contributed by atoms with Crippen LogP contribution in [0.2, 0.25) is 0 Å². The highest BCUT2D eigenvalue weighted by atomic mass is 32.2. The van der Waals surface area contributed by atoms with E-state index in [4.69, 9.17) is 0 Å². The summed E-state index contributed by atoms with van der Waals surface area (Å²) in [5.41, 5.74) is 0. The molecule has 0 fully saturated rings. The summed E-state index contributed by atoms with van der Waals surface area (Å²) in [7, 11) is 0. The first kappa shape index (κ1) is 13.3. The molecule has 18 heavy (non-hydrogen) atoms. The van der Waals surface area contributed by atoms with Crippen molar-refractivity contribution < 1.29 is 9.18 Å². The van der Waals surface area contributed by atoms with Gasteiger partial charge >= 0.3 is 0 Å². The summed E-state index contributed by atoms with van der Waals surface area (Å²) in [5, 5.41) is 0. The summed E-state index contributed by atoms with van der Waals surface area (Å²) >= 11 is 2.77. The van der Waals surface area contributed by atoms with Gasteiger partial charge in [0.2, 0.25) is 0 Å². The van der Waals surface area contributed by atoms with E-state index in [0.29, 0.717) is 4.90 Å². The number of Topliss-reactive ketones (excluding diaryl/α,β-unsaturated/α-hetero) is 1. The van der Waals surface area contributed by atoms with Crippen molar-refractivity contribution in [3.05, 3.63) is 52.0 Å². The molecular weight excluding hydrogens is 267 g/mol. The largest absolute Gasteiger partial charge is 0.292 e. The van der Waals surface area contributed by atoms with Crippen LogP contribution >= 0.6 is 23.1 Å². The fraction of sp³-hybridized carbons (Fsp3) is 0.214. The second-order valence-corrected chi connectivity index (χ2v) is 5.95. The van der Waals surface area contributed by atoms with Crippen LogP contribution in [0.4, 0.5) is 4.39 Å². The molecule has 0 aliphatic heterocycles. The van der Waals surface area contributed by atoms with E-state index in [1.807, 2.05) is 12.1 Å². The summed E-state index contributed by atoms with van der Waals surface area (Å²) in [6, 6.07) is 10.4. The maximum Gasteiger partial charge on any atom is 0.182 e. The standard InChI is InChI=1S/C14H13FOS2/c1-2-10-7-8-14(18-10)12(16)9-17-13-6-4-3-5-11(13)15/h3-8H,2,9H2,1H3. The minimum absolute atomic E-state index is 0.0629. The number of rotatable bonds is 5. The van der Waals surface area contributed by atoms with Crippen LogP contribution in [0, 0.1) is 5.82 Å². The van der Waals surface area contributed by atoms with Crippen LogP contribution in [-0.2, 0) is 6.42 Å². The first-order valence-corrected chi connectivity index (χ1v) is 7.50. The molecule has 0 saturated carbocycles. The average Bonchev–Trinajstić information content (AvgIpc) is 2.86. The number of hydrogen-bond donors (Lipinski definition) is 0. The van der Waals surface area contributed by atoms with E-state index in [0.717, 1.165) is 11.3 Å². The fourth-order valence-corrected chi connectivity index (χ4v) is 3.29. The van der Waals surface area contributed by atoms with Crippen LogP contribution in [-0.4, -0.2) is 11.5 Å². The summed E-state index contributed by atoms with van der Waals surface area (Å²) in [6.45, 7) is 2.06. The normalized spacial score (nSPS) is 10.6. The van der Waals surface area contributed by atoms with E-state index in [1.54, 1.807) is 18.2 Å². The Morgan fingerprint density at radius 1 is 1.28 bits per heavy atom. The van der Waals surface area contributed by atoms with Crippen molar-refractivity contribution in [2.24, 2.45) is 0 Å². The molecule has 4 heteroatoms. The van der Waals surface area contributed by atoms with Crippen molar-refractivity contribution in [1.29, 1.82) is 0 Å². The molecule has 1 heterocycles. The molecule has 0 aliphatic rings. The highest BCUT2D eigenvalue weighted by Crippen LogP contribution is 2.24. The summed E-state index contributed by atoms with van der Waals surface area (Å²) in [4.78, 5) is 14.4. The Bertz CT molecular complexity index is 548. The lowest BCUT2D eigenvalue weighted by Crippen LogP contribution is -1.99. The number of thioether (sulfide) groups is 1.